The van der Waals surface area contributed by atoms with Crippen LogP contribution in [-0.2, 0) is 6.61 Å². The van der Waals surface area contributed by atoms with E-state index in [1.807, 2.05) is 53.2 Å². The van der Waals surface area contributed by atoms with E-state index in [2.05, 4.69) is 20.9 Å². The smallest absolute Gasteiger partial charge is 0.137 e. The summed E-state index contributed by atoms with van der Waals surface area (Å²) < 4.78 is 2.97. The Balaban J connectivity index is 2.13. The number of pyridine rings is 1. The highest BCUT2D eigenvalue weighted by molar-refractivity contribution is 9.10. The van der Waals surface area contributed by atoms with Gasteiger partial charge in [0.2, 0.25) is 0 Å². The fourth-order valence-corrected chi connectivity index (χ4v) is 2.32. The lowest BCUT2D eigenvalue weighted by molar-refractivity contribution is 0.281. The van der Waals surface area contributed by atoms with E-state index in [-0.39, 0.29) is 6.61 Å². The number of fused-ring (bicyclic) bond motifs is 1. The molecule has 2 aromatic heterocycles. The van der Waals surface area contributed by atoms with Crippen molar-refractivity contribution in [3.05, 3.63) is 58.8 Å². The molecule has 90 valence electrons. The minimum absolute atomic E-state index is 0.0420. The summed E-state index contributed by atoms with van der Waals surface area (Å²) in [7, 11) is 0. The van der Waals surface area contributed by atoms with Crippen molar-refractivity contribution in [1.29, 1.82) is 0 Å². The molecule has 0 aliphatic carbocycles. The molecule has 0 spiro atoms. The predicted octanol–water partition coefficient (Wildman–Crippen LogP) is 3.26. The minimum atomic E-state index is 0.0420. The molecular weight excluding hydrogens is 292 g/mol. The van der Waals surface area contributed by atoms with E-state index in [0.717, 1.165) is 26.9 Å². The molecule has 0 atom stereocenters. The third-order valence-corrected chi connectivity index (χ3v) is 3.31. The van der Waals surface area contributed by atoms with E-state index in [1.54, 1.807) is 0 Å². The largest absolute Gasteiger partial charge is 0.392 e. The van der Waals surface area contributed by atoms with E-state index in [4.69, 9.17) is 5.11 Å². The summed E-state index contributed by atoms with van der Waals surface area (Å²) in [6.45, 7) is 0.0420. The first-order chi connectivity index (χ1) is 8.76. The molecule has 0 radical (unpaired) electrons. The van der Waals surface area contributed by atoms with E-state index in [0.29, 0.717) is 0 Å². The minimum Gasteiger partial charge on any atom is -0.392 e. The molecule has 0 saturated heterocycles. The van der Waals surface area contributed by atoms with Crippen molar-refractivity contribution in [2.24, 2.45) is 0 Å². The van der Waals surface area contributed by atoms with Gasteiger partial charge in [-0.05, 0) is 23.8 Å². The molecule has 3 rings (SSSR count). The van der Waals surface area contributed by atoms with Crippen molar-refractivity contribution in [3.63, 3.8) is 0 Å². The van der Waals surface area contributed by atoms with Gasteiger partial charge in [0.05, 0.1) is 12.3 Å². The zero-order valence-corrected chi connectivity index (χ0v) is 11.1. The summed E-state index contributed by atoms with van der Waals surface area (Å²) in [6, 6.07) is 11.8. The van der Waals surface area contributed by atoms with E-state index in [9.17, 15) is 0 Å². The molecule has 0 amide bonds. The molecule has 4 heteroatoms. The van der Waals surface area contributed by atoms with Crippen molar-refractivity contribution in [3.8, 4) is 11.3 Å². The van der Waals surface area contributed by atoms with Crippen molar-refractivity contribution < 1.29 is 5.11 Å². The molecule has 0 aliphatic rings. The van der Waals surface area contributed by atoms with Crippen LogP contribution in [0.25, 0.3) is 16.9 Å². The number of rotatable bonds is 2. The number of halogens is 1. The van der Waals surface area contributed by atoms with E-state index in [1.165, 1.54) is 0 Å². The second-order valence-corrected chi connectivity index (χ2v) is 5.01. The van der Waals surface area contributed by atoms with Gasteiger partial charge in [0.15, 0.2) is 0 Å². The van der Waals surface area contributed by atoms with Crippen LogP contribution >= 0.6 is 15.9 Å². The van der Waals surface area contributed by atoms with Gasteiger partial charge in [-0.1, -0.05) is 34.1 Å². The maximum atomic E-state index is 9.12. The predicted molar refractivity (Wildman–Crippen MR) is 74.3 cm³/mol. The number of aliphatic hydroxyl groups is 1. The van der Waals surface area contributed by atoms with Gasteiger partial charge in [-0.15, -0.1) is 0 Å². The van der Waals surface area contributed by atoms with Crippen molar-refractivity contribution in [2.75, 3.05) is 0 Å². The molecule has 2 heterocycles. The Morgan fingerprint density at radius 2 is 2.06 bits per heavy atom. The first-order valence-electron chi connectivity index (χ1n) is 5.61. The van der Waals surface area contributed by atoms with Gasteiger partial charge in [-0.2, -0.15) is 0 Å². The molecule has 3 nitrogen and oxygen atoms in total. The van der Waals surface area contributed by atoms with E-state index < -0.39 is 0 Å². The Kier molecular flexibility index (Phi) is 2.89. The first kappa shape index (κ1) is 11.4. The molecule has 0 saturated carbocycles. The highest BCUT2D eigenvalue weighted by atomic mass is 79.9. The Morgan fingerprint density at radius 1 is 1.17 bits per heavy atom. The summed E-state index contributed by atoms with van der Waals surface area (Å²) in [5.74, 6) is 0. The van der Waals surface area contributed by atoms with Crippen LogP contribution in [0, 0.1) is 0 Å². The number of imidazole rings is 1. The Labute approximate surface area is 113 Å². The lowest BCUT2D eigenvalue weighted by Gasteiger charge is -1.96. The van der Waals surface area contributed by atoms with Crippen LogP contribution in [0.2, 0.25) is 0 Å². The van der Waals surface area contributed by atoms with Crippen molar-refractivity contribution in [1.82, 2.24) is 9.38 Å². The van der Waals surface area contributed by atoms with Crippen LogP contribution in [-0.4, -0.2) is 14.5 Å². The molecular formula is C14H11BrN2O. The Bertz CT molecular complexity index is 706. The zero-order valence-electron chi connectivity index (χ0n) is 9.55. The number of hydrogen-bond acceptors (Lipinski definition) is 2. The van der Waals surface area contributed by atoms with Gasteiger partial charge < -0.3 is 9.51 Å². The van der Waals surface area contributed by atoms with Crippen LogP contribution in [0.4, 0.5) is 0 Å². The average Bonchev–Trinajstić information content (AvgIpc) is 2.81. The standard InChI is InChI=1S/C14H11BrN2O/c15-12-3-1-2-11(6-12)13-8-17-7-10(9-18)4-5-14(17)16-13/h1-8,18H,9H2. The van der Waals surface area contributed by atoms with Crippen molar-refractivity contribution in [2.45, 2.75) is 6.61 Å². The highest BCUT2D eigenvalue weighted by Crippen LogP contribution is 2.22. The van der Waals surface area contributed by atoms with Crippen molar-refractivity contribution >= 4 is 21.6 Å². The van der Waals surface area contributed by atoms with Crippen LogP contribution in [0.5, 0.6) is 0 Å². The zero-order chi connectivity index (χ0) is 12.5. The fraction of sp³-hybridized carbons (Fsp3) is 0.0714. The number of aliphatic hydroxyl groups excluding tert-OH is 1. The molecule has 1 aromatic carbocycles. The summed E-state index contributed by atoms with van der Waals surface area (Å²) in [5, 5.41) is 9.12. The van der Waals surface area contributed by atoms with E-state index >= 15 is 0 Å². The van der Waals surface area contributed by atoms with Gasteiger partial charge in [0.25, 0.3) is 0 Å². The quantitative estimate of drug-likeness (QED) is 0.789. The molecule has 0 aliphatic heterocycles. The van der Waals surface area contributed by atoms with Crippen LogP contribution < -0.4 is 0 Å². The second kappa shape index (κ2) is 4.55. The molecule has 1 N–H and O–H groups in total. The Hall–Kier alpha value is -1.65. The summed E-state index contributed by atoms with van der Waals surface area (Å²) >= 11 is 3.46. The first-order valence-corrected chi connectivity index (χ1v) is 6.40. The summed E-state index contributed by atoms with van der Waals surface area (Å²) in [5.41, 5.74) is 3.74. The molecule has 18 heavy (non-hydrogen) atoms. The third kappa shape index (κ3) is 2.05. The lowest BCUT2D eigenvalue weighted by Crippen LogP contribution is -1.88. The summed E-state index contributed by atoms with van der Waals surface area (Å²) in [4.78, 5) is 4.56. The number of aromatic nitrogens is 2. The third-order valence-electron chi connectivity index (χ3n) is 2.82. The molecule has 0 bridgehead atoms. The summed E-state index contributed by atoms with van der Waals surface area (Å²) in [6.07, 6.45) is 3.86. The average molecular weight is 303 g/mol. The van der Waals surface area contributed by atoms with Gasteiger partial charge >= 0.3 is 0 Å². The van der Waals surface area contributed by atoms with Gasteiger partial charge in [-0.25, -0.2) is 4.98 Å². The normalized spacial score (nSPS) is 11.0. The number of benzene rings is 1. The number of nitrogens with zero attached hydrogens (tertiary/aromatic N) is 2. The molecule has 3 aromatic rings. The van der Waals surface area contributed by atoms with Gasteiger partial charge in [-0.3, -0.25) is 0 Å². The fourth-order valence-electron chi connectivity index (χ4n) is 1.92. The Morgan fingerprint density at radius 3 is 2.83 bits per heavy atom. The molecule has 0 unspecified atom stereocenters. The van der Waals surface area contributed by atoms with Gasteiger partial charge in [0, 0.05) is 22.4 Å². The van der Waals surface area contributed by atoms with Gasteiger partial charge in [0.1, 0.15) is 5.65 Å². The van der Waals surface area contributed by atoms with Crippen LogP contribution in [0.15, 0.2) is 53.3 Å². The number of hydrogen-bond donors (Lipinski definition) is 1. The lowest BCUT2D eigenvalue weighted by atomic mass is 10.2. The topological polar surface area (TPSA) is 37.5 Å². The monoisotopic (exact) mass is 302 g/mol. The SMILES string of the molecule is OCc1ccc2nc(-c3cccc(Br)c3)cn2c1. The van der Waals surface area contributed by atoms with Crippen LogP contribution in [0.3, 0.4) is 0 Å². The maximum Gasteiger partial charge on any atom is 0.137 e. The molecule has 0 fully saturated rings. The maximum absolute atomic E-state index is 9.12. The highest BCUT2D eigenvalue weighted by Gasteiger charge is 2.05. The second-order valence-electron chi connectivity index (χ2n) is 4.10. The van der Waals surface area contributed by atoms with Crippen LogP contribution in [0.1, 0.15) is 5.56 Å².